The number of carbonyl (C=O) groups is 2. The first kappa shape index (κ1) is 22.8. The molecule has 2 aromatic rings. The third kappa shape index (κ3) is 7.70. The van der Waals surface area contributed by atoms with Crippen LogP contribution in [0.15, 0.2) is 60.7 Å². The maximum absolute atomic E-state index is 13.1. The van der Waals surface area contributed by atoms with Crippen LogP contribution in [0.3, 0.4) is 0 Å². The van der Waals surface area contributed by atoms with Gasteiger partial charge in [-0.15, -0.1) is 0 Å². The highest BCUT2D eigenvalue weighted by molar-refractivity contribution is 5.85. The molecule has 166 valence electrons. The number of likely N-dealkylation sites (N-methyl/N-ethyl adjacent to an activating group) is 1. The van der Waals surface area contributed by atoms with Gasteiger partial charge in [0.05, 0.1) is 13.2 Å². The van der Waals surface area contributed by atoms with E-state index in [-0.39, 0.29) is 12.5 Å². The summed E-state index contributed by atoms with van der Waals surface area (Å²) >= 11 is 0. The Morgan fingerprint density at radius 3 is 2.29 bits per heavy atom. The van der Waals surface area contributed by atoms with Gasteiger partial charge in [-0.1, -0.05) is 60.7 Å². The van der Waals surface area contributed by atoms with Crippen molar-refractivity contribution in [3.63, 3.8) is 0 Å². The smallest absolute Gasteiger partial charge is 0.408 e. The minimum atomic E-state index is -0.694. The molecule has 1 N–H and O–H groups in total. The Morgan fingerprint density at radius 1 is 1.03 bits per heavy atom. The van der Waals surface area contributed by atoms with Crippen LogP contribution in [0.1, 0.15) is 11.1 Å². The minimum Gasteiger partial charge on any atom is -0.445 e. The number of amides is 2. The zero-order valence-electron chi connectivity index (χ0n) is 18.0. The van der Waals surface area contributed by atoms with E-state index in [1.807, 2.05) is 60.7 Å². The van der Waals surface area contributed by atoms with E-state index in [2.05, 4.69) is 10.2 Å². The molecule has 0 saturated carbocycles. The zero-order valence-corrected chi connectivity index (χ0v) is 18.0. The first-order valence-corrected chi connectivity index (χ1v) is 10.7. The lowest BCUT2D eigenvalue weighted by molar-refractivity contribution is -0.132. The van der Waals surface area contributed by atoms with E-state index in [1.54, 1.807) is 11.9 Å². The van der Waals surface area contributed by atoms with Gasteiger partial charge >= 0.3 is 6.09 Å². The van der Waals surface area contributed by atoms with Crippen LogP contribution in [0.4, 0.5) is 4.79 Å². The average Bonchev–Trinajstić information content (AvgIpc) is 2.82. The molecule has 1 aliphatic rings. The molecule has 0 radical (unpaired) electrons. The summed E-state index contributed by atoms with van der Waals surface area (Å²) in [6.07, 6.45) is -0.193. The summed E-state index contributed by atoms with van der Waals surface area (Å²) in [6, 6.07) is 18.4. The molecular formula is C24H31N3O4. The van der Waals surface area contributed by atoms with E-state index in [4.69, 9.17) is 9.47 Å². The van der Waals surface area contributed by atoms with Crippen molar-refractivity contribution in [2.75, 3.05) is 46.4 Å². The number of hydrogen-bond acceptors (Lipinski definition) is 5. The zero-order chi connectivity index (χ0) is 21.9. The summed E-state index contributed by atoms with van der Waals surface area (Å²) in [4.78, 5) is 29.5. The Bertz CT molecular complexity index is 810. The van der Waals surface area contributed by atoms with Gasteiger partial charge < -0.3 is 19.7 Å². The van der Waals surface area contributed by atoms with Gasteiger partial charge in [0.1, 0.15) is 12.6 Å². The van der Waals surface area contributed by atoms with Gasteiger partial charge in [0.15, 0.2) is 0 Å². The van der Waals surface area contributed by atoms with Crippen molar-refractivity contribution >= 4 is 12.0 Å². The fourth-order valence-electron chi connectivity index (χ4n) is 3.45. The summed E-state index contributed by atoms with van der Waals surface area (Å²) in [5.74, 6) is -0.131. The molecule has 0 aliphatic carbocycles. The molecule has 1 aliphatic heterocycles. The molecule has 7 nitrogen and oxygen atoms in total. The van der Waals surface area contributed by atoms with Crippen LogP contribution in [-0.4, -0.2) is 74.3 Å². The number of benzene rings is 2. The maximum Gasteiger partial charge on any atom is 0.408 e. The van der Waals surface area contributed by atoms with Gasteiger partial charge in [0, 0.05) is 39.6 Å². The number of hydrogen-bond donors (Lipinski definition) is 1. The molecule has 1 saturated heterocycles. The van der Waals surface area contributed by atoms with Crippen LogP contribution in [-0.2, 0) is 27.3 Å². The molecule has 1 fully saturated rings. The van der Waals surface area contributed by atoms with Crippen molar-refractivity contribution < 1.29 is 19.1 Å². The number of rotatable bonds is 9. The summed E-state index contributed by atoms with van der Waals surface area (Å²) in [5, 5.41) is 2.77. The van der Waals surface area contributed by atoms with Crippen molar-refractivity contribution in [1.82, 2.24) is 15.1 Å². The van der Waals surface area contributed by atoms with Crippen LogP contribution in [0.5, 0.6) is 0 Å². The van der Waals surface area contributed by atoms with Gasteiger partial charge in [-0.3, -0.25) is 9.69 Å². The third-order valence-electron chi connectivity index (χ3n) is 5.32. The van der Waals surface area contributed by atoms with Crippen LogP contribution >= 0.6 is 0 Å². The molecule has 0 aromatic heterocycles. The van der Waals surface area contributed by atoms with E-state index >= 15 is 0 Å². The fraction of sp³-hybridized carbons (Fsp3) is 0.417. The van der Waals surface area contributed by atoms with Crippen molar-refractivity contribution in [2.45, 2.75) is 19.1 Å². The molecule has 0 spiro atoms. The fourth-order valence-corrected chi connectivity index (χ4v) is 3.45. The lowest BCUT2D eigenvalue weighted by Crippen LogP contribution is -2.50. The highest BCUT2D eigenvalue weighted by atomic mass is 16.5. The third-order valence-corrected chi connectivity index (χ3v) is 5.32. The monoisotopic (exact) mass is 425 g/mol. The van der Waals surface area contributed by atoms with E-state index in [9.17, 15) is 9.59 Å². The second-order valence-electron chi connectivity index (χ2n) is 7.66. The number of nitrogens with one attached hydrogen (secondary N) is 1. The van der Waals surface area contributed by atoms with Gasteiger partial charge in [0.2, 0.25) is 5.91 Å². The predicted octanol–water partition coefficient (Wildman–Crippen LogP) is 2.31. The Hall–Kier alpha value is -2.90. The number of alkyl carbamates (subject to hydrolysis) is 1. The number of ether oxygens (including phenoxy) is 2. The van der Waals surface area contributed by atoms with E-state index in [1.165, 1.54) is 0 Å². The van der Waals surface area contributed by atoms with Crippen molar-refractivity contribution in [3.05, 3.63) is 71.8 Å². The first-order chi connectivity index (χ1) is 15.1. The van der Waals surface area contributed by atoms with Gasteiger partial charge in [-0.25, -0.2) is 4.79 Å². The Balaban J connectivity index is 1.57. The maximum atomic E-state index is 13.1. The standard InChI is InChI=1S/C24H31N3O4/c1-26(12-13-27-14-16-30-17-15-27)23(28)22(18-20-8-4-2-5-9-20)25-24(29)31-19-21-10-6-3-7-11-21/h2-11,22H,12-19H2,1H3,(H,25,29)/t22-/m1/s1. The largest absolute Gasteiger partial charge is 0.445 e. The quantitative estimate of drug-likeness (QED) is 0.668. The normalized spacial score (nSPS) is 15.1. The summed E-state index contributed by atoms with van der Waals surface area (Å²) in [5.41, 5.74) is 1.87. The second-order valence-corrected chi connectivity index (χ2v) is 7.66. The molecule has 7 heteroatoms. The highest BCUT2D eigenvalue weighted by Crippen LogP contribution is 2.08. The number of morpholine rings is 1. The van der Waals surface area contributed by atoms with Crippen molar-refractivity contribution in [1.29, 1.82) is 0 Å². The summed E-state index contributed by atoms with van der Waals surface area (Å²) in [7, 11) is 1.78. The predicted molar refractivity (Wildman–Crippen MR) is 119 cm³/mol. The Labute approximate surface area is 183 Å². The molecule has 0 unspecified atom stereocenters. The molecular weight excluding hydrogens is 394 g/mol. The van der Waals surface area contributed by atoms with Crippen molar-refractivity contribution in [3.8, 4) is 0 Å². The molecule has 2 aromatic carbocycles. The van der Waals surface area contributed by atoms with Crippen LogP contribution < -0.4 is 5.32 Å². The lowest BCUT2D eigenvalue weighted by atomic mass is 10.0. The average molecular weight is 426 g/mol. The Morgan fingerprint density at radius 2 is 1.65 bits per heavy atom. The van der Waals surface area contributed by atoms with E-state index < -0.39 is 12.1 Å². The van der Waals surface area contributed by atoms with Crippen LogP contribution in [0.2, 0.25) is 0 Å². The topological polar surface area (TPSA) is 71.1 Å². The van der Waals surface area contributed by atoms with Gasteiger partial charge in [-0.2, -0.15) is 0 Å². The van der Waals surface area contributed by atoms with E-state index in [0.29, 0.717) is 13.0 Å². The number of nitrogens with zero attached hydrogens (tertiary/aromatic N) is 2. The summed E-state index contributed by atoms with van der Waals surface area (Å²) in [6.45, 7) is 4.73. The highest BCUT2D eigenvalue weighted by Gasteiger charge is 2.25. The first-order valence-electron chi connectivity index (χ1n) is 10.7. The van der Waals surface area contributed by atoms with Crippen LogP contribution in [0.25, 0.3) is 0 Å². The number of carbonyl (C=O) groups excluding carboxylic acids is 2. The molecule has 2 amide bonds. The molecule has 0 bridgehead atoms. The van der Waals surface area contributed by atoms with Crippen molar-refractivity contribution in [2.24, 2.45) is 0 Å². The van der Waals surface area contributed by atoms with Gasteiger partial charge in [-0.05, 0) is 11.1 Å². The van der Waals surface area contributed by atoms with Gasteiger partial charge in [0.25, 0.3) is 0 Å². The molecule has 1 atom stereocenters. The lowest BCUT2D eigenvalue weighted by Gasteiger charge is -2.30. The van der Waals surface area contributed by atoms with E-state index in [0.717, 1.165) is 44.0 Å². The molecule has 3 rings (SSSR count). The minimum absolute atomic E-state index is 0.131. The molecule has 31 heavy (non-hydrogen) atoms. The summed E-state index contributed by atoms with van der Waals surface area (Å²) < 4.78 is 10.7. The Kier molecular flexibility index (Phi) is 8.87. The molecule has 1 heterocycles. The second kappa shape index (κ2) is 12.1. The van der Waals surface area contributed by atoms with Crippen LogP contribution in [0, 0.1) is 0 Å². The SMILES string of the molecule is CN(CCN1CCOCC1)C(=O)[C@@H](Cc1ccccc1)NC(=O)OCc1ccccc1.